The Labute approximate surface area is 172 Å². The zero-order valence-corrected chi connectivity index (χ0v) is 16.8. The van der Waals surface area contributed by atoms with E-state index < -0.39 is 0 Å². The van der Waals surface area contributed by atoms with Gasteiger partial charge in [-0.2, -0.15) is 0 Å². The molecule has 0 radical (unpaired) electrons. The fourth-order valence-corrected chi connectivity index (χ4v) is 3.25. The molecule has 0 saturated heterocycles. The van der Waals surface area contributed by atoms with Gasteiger partial charge in [-0.1, -0.05) is 23.9 Å². The van der Waals surface area contributed by atoms with Crippen molar-refractivity contribution >= 4 is 28.6 Å². The lowest BCUT2D eigenvalue weighted by molar-refractivity contribution is 0.233. The summed E-state index contributed by atoms with van der Waals surface area (Å²) in [5.74, 6) is 2.39. The Morgan fingerprint density at radius 2 is 1.97 bits per heavy atom. The van der Waals surface area contributed by atoms with Crippen molar-refractivity contribution in [3.8, 4) is 17.1 Å². The van der Waals surface area contributed by atoms with E-state index in [0.717, 1.165) is 16.4 Å². The number of hydrogen-bond donors (Lipinski definition) is 4. The lowest BCUT2D eigenvalue weighted by Crippen LogP contribution is -2.39. The van der Waals surface area contributed by atoms with Gasteiger partial charge in [0.25, 0.3) is 0 Å². The zero-order chi connectivity index (χ0) is 20.2. The molecule has 8 nitrogen and oxygen atoms in total. The maximum atomic E-state index is 5.92. The first-order valence-corrected chi connectivity index (χ1v) is 10.2. The van der Waals surface area contributed by atoms with Crippen LogP contribution in [0.15, 0.2) is 65.4 Å². The second kappa shape index (κ2) is 8.27. The van der Waals surface area contributed by atoms with Gasteiger partial charge < -0.3 is 26.1 Å². The summed E-state index contributed by atoms with van der Waals surface area (Å²) < 4.78 is 5.92. The van der Waals surface area contributed by atoms with E-state index in [0.29, 0.717) is 23.3 Å². The minimum atomic E-state index is -0.365. The molecule has 29 heavy (non-hydrogen) atoms. The lowest BCUT2D eigenvalue weighted by Gasteiger charge is -2.22. The Morgan fingerprint density at radius 3 is 2.72 bits per heavy atom. The number of rotatable bonds is 5. The molecule has 4 rings (SSSR count). The van der Waals surface area contributed by atoms with Gasteiger partial charge in [-0.15, -0.1) is 10.2 Å². The highest BCUT2D eigenvalue weighted by atomic mass is 32.2. The smallest absolute Gasteiger partial charge is 0.226 e. The van der Waals surface area contributed by atoms with E-state index in [9.17, 15) is 0 Å². The summed E-state index contributed by atoms with van der Waals surface area (Å²) in [6.45, 7) is 2.04. The average Bonchev–Trinajstić information content (AvgIpc) is 3.16. The average molecular weight is 408 g/mol. The number of aromatic nitrogens is 3. The van der Waals surface area contributed by atoms with E-state index in [-0.39, 0.29) is 6.23 Å². The molecular formula is C20H21N7OS. The first-order chi connectivity index (χ1) is 14.1. The number of nitrogens with zero attached hydrogens (tertiary/aromatic N) is 3. The van der Waals surface area contributed by atoms with Crippen LogP contribution in [0.25, 0.3) is 11.4 Å². The molecule has 0 bridgehead atoms. The molecular weight excluding hydrogens is 386 g/mol. The number of nitrogens with one attached hydrogen (secondary N) is 3. The van der Waals surface area contributed by atoms with Crippen LogP contribution in [0.3, 0.4) is 0 Å². The van der Waals surface area contributed by atoms with Crippen LogP contribution in [0.4, 0.5) is 11.6 Å². The first-order valence-electron chi connectivity index (χ1n) is 8.99. The Kier molecular flexibility index (Phi) is 5.39. The lowest BCUT2D eigenvalue weighted by atomic mass is 10.2. The van der Waals surface area contributed by atoms with Crippen LogP contribution in [0.1, 0.15) is 5.56 Å². The van der Waals surface area contributed by atoms with Crippen molar-refractivity contribution in [3.05, 3.63) is 66.0 Å². The van der Waals surface area contributed by atoms with E-state index >= 15 is 0 Å². The Morgan fingerprint density at radius 1 is 1.14 bits per heavy atom. The maximum Gasteiger partial charge on any atom is 0.226 e. The summed E-state index contributed by atoms with van der Waals surface area (Å²) in [7, 11) is 0. The third-order valence-electron chi connectivity index (χ3n) is 4.17. The molecule has 0 spiro atoms. The largest absolute Gasteiger partial charge is 0.467 e. The number of benzene rings is 2. The van der Waals surface area contributed by atoms with Crippen LogP contribution < -0.4 is 21.1 Å². The third-order valence-corrected chi connectivity index (χ3v) is 4.77. The summed E-state index contributed by atoms with van der Waals surface area (Å²) in [5, 5.41) is 15.5. The first kappa shape index (κ1) is 18.9. The predicted octanol–water partition coefficient (Wildman–Crippen LogP) is 3.35. The highest BCUT2D eigenvalue weighted by molar-refractivity contribution is 8.13. The van der Waals surface area contributed by atoms with Crippen LogP contribution in [-0.2, 0) is 0 Å². The molecule has 2 aromatic carbocycles. The number of amidine groups is 1. The predicted molar refractivity (Wildman–Crippen MR) is 117 cm³/mol. The molecule has 1 aromatic heterocycles. The summed E-state index contributed by atoms with van der Waals surface area (Å²) in [4.78, 5) is 7.37. The fraction of sp³-hybridized carbons (Fsp3) is 0.150. The standard InChI is InChI=1S/C20H21N7OS/c1-12-4-3-5-14(10-12)22-19-25-18(26-27-19)13-6-8-15(9-7-13)28-17-11-16(21)23-20(24-17)29-2/h3-11,17H,21H2,1-2H3,(H,23,24)(H2,22,25,26,27). The summed E-state index contributed by atoms with van der Waals surface area (Å²) >= 11 is 1.48. The highest BCUT2D eigenvalue weighted by Gasteiger charge is 2.15. The Bertz CT molecular complexity index is 1060. The van der Waals surface area contributed by atoms with Gasteiger partial charge in [-0.05, 0) is 55.1 Å². The van der Waals surface area contributed by atoms with Crippen molar-refractivity contribution in [2.24, 2.45) is 10.7 Å². The number of nitrogens with two attached hydrogens (primary N) is 1. The van der Waals surface area contributed by atoms with Crippen molar-refractivity contribution in [1.29, 1.82) is 0 Å². The maximum absolute atomic E-state index is 5.92. The number of aryl methyl sites for hydroxylation is 1. The molecule has 2 heterocycles. The highest BCUT2D eigenvalue weighted by Crippen LogP contribution is 2.22. The molecule has 1 aliphatic heterocycles. The van der Waals surface area contributed by atoms with Crippen LogP contribution in [0, 0.1) is 6.92 Å². The molecule has 1 aliphatic rings. The number of ether oxygens (including phenoxy) is 1. The van der Waals surface area contributed by atoms with Crippen LogP contribution >= 0.6 is 11.8 Å². The molecule has 148 valence electrons. The molecule has 3 aromatic rings. The van der Waals surface area contributed by atoms with Crippen molar-refractivity contribution in [1.82, 2.24) is 20.5 Å². The van der Waals surface area contributed by atoms with Crippen LogP contribution in [0.5, 0.6) is 5.75 Å². The summed E-state index contributed by atoms with van der Waals surface area (Å²) in [6, 6.07) is 15.7. The van der Waals surface area contributed by atoms with E-state index in [4.69, 9.17) is 10.5 Å². The van der Waals surface area contributed by atoms with Gasteiger partial charge in [0, 0.05) is 17.3 Å². The third kappa shape index (κ3) is 4.69. The Hall–Kier alpha value is -3.46. The monoisotopic (exact) mass is 407 g/mol. The molecule has 0 aliphatic carbocycles. The Balaban J connectivity index is 1.42. The van der Waals surface area contributed by atoms with Gasteiger partial charge in [0.1, 0.15) is 11.6 Å². The number of aromatic amines is 1. The summed E-state index contributed by atoms with van der Waals surface area (Å²) in [6.07, 6.45) is 3.29. The molecule has 0 saturated carbocycles. The van der Waals surface area contributed by atoms with Gasteiger partial charge in [0.2, 0.25) is 5.95 Å². The van der Waals surface area contributed by atoms with Crippen molar-refractivity contribution in [3.63, 3.8) is 0 Å². The molecule has 9 heteroatoms. The normalized spacial score (nSPS) is 15.9. The van der Waals surface area contributed by atoms with Gasteiger partial charge in [-0.3, -0.25) is 0 Å². The number of H-pyrrole nitrogens is 1. The fourth-order valence-electron chi connectivity index (χ4n) is 2.82. The van der Waals surface area contributed by atoms with E-state index in [1.54, 1.807) is 6.08 Å². The topological polar surface area (TPSA) is 113 Å². The molecule has 1 unspecified atom stereocenters. The minimum absolute atomic E-state index is 0.365. The SMILES string of the molecule is CSC1=NC(N)=CC(Oc2ccc(-c3nnc(Nc4cccc(C)c4)[nH]3)cc2)N1. The second-order valence-corrected chi connectivity index (χ2v) is 7.23. The van der Waals surface area contributed by atoms with Crippen molar-refractivity contribution < 1.29 is 4.74 Å². The van der Waals surface area contributed by atoms with Gasteiger partial charge >= 0.3 is 0 Å². The van der Waals surface area contributed by atoms with Crippen molar-refractivity contribution in [2.75, 3.05) is 11.6 Å². The summed E-state index contributed by atoms with van der Waals surface area (Å²) in [5.41, 5.74) is 8.86. The number of anilines is 2. The zero-order valence-electron chi connectivity index (χ0n) is 16.0. The molecule has 5 N–H and O–H groups in total. The molecule has 1 atom stereocenters. The minimum Gasteiger partial charge on any atom is -0.467 e. The van der Waals surface area contributed by atoms with Gasteiger partial charge in [0.05, 0.1) is 0 Å². The van der Waals surface area contributed by atoms with E-state index in [1.165, 1.54) is 17.3 Å². The van der Waals surface area contributed by atoms with E-state index in [1.807, 2.05) is 61.7 Å². The van der Waals surface area contributed by atoms with Gasteiger partial charge in [-0.25, -0.2) is 4.99 Å². The number of aliphatic imine (C=N–C) groups is 1. The molecule has 0 amide bonds. The van der Waals surface area contributed by atoms with Gasteiger partial charge in [0.15, 0.2) is 17.2 Å². The number of thioether (sulfide) groups is 1. The van der Waals surface area contributed by atoms with Crippen molar-refractivity contribution in [2.45, 2.75) is 13.2 Å². The quantitative estimate of drug-likeness (QED) is 0.513. The second-order valence-electron chi connectivity index (χ2n) is 6.44. The van der Waals surface area contributed by atoms with E-state index in [2.05, 4.69) is 30.8 Å². The number of hydrogen-bond acceptors (Lipinski definition) is 8. The molecule has 0 fully saturated rings. The van der Waals surface area contributed by atoms with Crippen LogP contribution in [-0.4, -0.2) is 32.8 Å². The van der Waals surface area contributed by atoms with Crippen LogP contribution in [0.2, 0.25) is 0 Å².